The maximum atomic E-state index is 12.4. The molecule has 0 aliphatic rings. The number of hydrogen-bond donors (Lipinski definition) is 1. The molecule has 1 N–H and O–H groups in total. The molecule has 0 aromatic carbocycles. The minimum Gasteiger partial charge on any atom is -0.481 e. The number of halogens is 3. The van der Waals surface area contributed by atoms with Crippen LogP contribution in [0.25, 0.3) is 0 Å². The second kappa shape index (κ2) is 4.82. The molecule has 3 nitrogen and oxygen atoms in total. The van der Waals surface area contributed by atoms with Gasteiger partial charge in [0.2, 0.25) is 0 Å². The lowest BCUT2D eigenvalue weighted by atomic mass is 10.1. The van der Waals surface area contributed by atoms with Crippen LogP contribution < -0.4 is 0 Å². The van der Waals surface area contributed by atoms with Gasteiger partial charge in [-0.2, -0.15) is 0 Å². The summed E-state index contributed by atoms with van der Waals surface area (Å²) < 4.78 is 25.2. The summed E-state index contributed by atoms with van der Waals surface area (Å²) in [6.45, 7) is 1.67. The number of aromatic nitrogens is 1. The molecule has 1 aromatic rings. The molecule has 1 heterocycles. The first-order valence-electron chi connectivity index (χ1n) is 4.07. The summed E-state index contributed by atoms with van der Waals surface area (Å²) in [6, 6.07) is 1.15. The lowest BCUT2D eigenvalue weighted by molar-refractivity contribution is -0.136. The van der Waals surface area contributed by atoms with Crippen LogP contribution in [-0.4, -0.2) is 16.1 Å². The van der Waals surface area contributed by atoms with E-state index in [0.717, 1.165) is 6.07 Å². The molecular formula is C9H8F2INO2. The molecule has 0 amide bonds. The fourth-order valence-electron chi connectivity index (χ4n) is 1.11. The molecule has 0 unspecified atom stereocenters. The summed E-state index contributed by atoms with van der Waals surface area (Å²) in [7, 11) is 0. The molecule has 1 rings (SSSR count). The van der Waals surface area contributed by atoms with Gasteiger partial charge in [0, 0.05) is 0 Å². The van der Waals surface area contributed by atoms with Crippen LogP contribution >= 0.6 is 22.6 Å². The van der Waals surface area contributed by atoms with E-state index >= 15 is 0 Å². The first-order valence-corrected chi connectivity index (χ1v) is 5.15. The van der Waals surface area contributed by atoms with E-state index in [1.54, 1.807) is 6.92 Å². The standard InChI is InChI=1S/C9H8F2INO2/c1-4-5(3-7(14)15)2-6(8(10)11)13-9(4)12/h2,8H,3H2,1H3,(H,14,15). The van der Waals surface area contributed by atoms with Gasteiger partial charge in [-0.1, -0.05) is 0 Å². The maximum absolute atomic E-state index is 12.4. The molecule has 0 aliphatic carbocycles. The van der Waals surface area contributed by atoms with Gasteiger partial charge in [-0.05, 0) is 46.7 Å². The molecule has 6 heteroatoms. The van der Waals surface area contributed by atoms with Crippen molar-refractivity contribution in [2.45, 2.75) is 19.8 Å². The van der Waals surface area contributed by atoms with Gasteiger partial charge in [0.05, 0.1) is 6.42 Å². The number of carboxylic acids is 1. The van der Waals surface area contributed by atoms with Gasteiger partial charge < -0.3 is 5.11 Å². The van der Waals surface area contributed by atoms with E-state index in [2.05, 4.69) is 4.98 Å². The monoisotopic (exact) mass is 327 g/mol. The van der Waals surface area contributed by atoms with Gasteiger partial charge in [0.1, 0.15) is 9.39 Å². The molecule has 82 valence electrons. The summed E-state index contributed by atoms with van der Waals surface area (Å²) >= 11 is 1.82. The van der Waals surface area contributed by atoms with Crippen LogP contribution in [0.2, 0.25) is 0 Å². The summed E-state index contributed by atoms with van der Waals surface area (Å²) in [5.74, 6) is -1.04. The summed E-state index contributed by atoms with van der Waals surface area (Å²) in [5, 5.41) is 8.60. The van der Waals surface area contributed by atoms with Crippen molar-refractivity contribution in [1.29, 1.82) is 0 Å². The van der Waals surface area contributed by atoms with Crippen molar-refractivity contribution in [3.8, 4) is 0 Å². The zero-order valence-corrected chi connectivity index (χ0v) is 9.96. The zero-order chi connectivity index (χ0) is 11.6. The van der Waals surface area contributed by atoms with Gasteiger partial charge in [-0.15, -0.1) is 0 Å². The van der Waals surface area contributed by atoms with Crippen LogP contribution in [0, 0.1) is 10.6 Å². The smallest absolute Gasteiger partial charge is 0.307 e. The molecule has 0 fully saturated rings. The molecule has 0 aliphatic heterocycles. The van der Waals surface area contributed by atoms with E-state index in [1.165, 1.54) is 0 Å². The molecular weight excluding hydrogens is 319 g/mol. The highest BCUT2D eigenvalue weighted by atomic mass is 127. The summed E-state index contributed by atoms with van der Waals surface area (Å²) in [6.07, 6.45) is -2.93. The number of pyridine rings is 1. The van der Waals surface area contributed by atoms with Crippen LogP contribution in [0.4, 0.5) is 8.78 Å². The van der Waals surface area contributed by atoms with Crippen molar-refractivity contribution >= 4 is 28.6 Å². The van der Waals surface area contributed by atoms with Crippen LogP contribution in [0.3, 0.4) is 0 Å². The van der Waals surface area contributed by atoms with Gasteiger partial charge >= 0.3 is 5.97 Å². The number of alkyl halides is 2. The third-order valence-corrected chi connectivity index (χ3v) is 2.96. The van der Waals surface area contributed by atoms with Crippen molar-refractivity contribution in [1.82, 2.24) is 4.98 Å². The summed E-state index contributed by atoms with van der Waals surface area (Å²) in [5.41, 5.74) is 0.654. The van der Waals surface area contributed by atoms with Gasteiger partial charge in [0.15, 0.2) is 0 Å². The molecule has 0 saturated carbocycles. The molecule has 15 heavy (non-hydrogen) atoms. The molecule has 1 aromatic heterocycles. The van der Waals surface area contributed by atoms with Gasteiger partial charge in [-0.3, -0.25) is 4.79 Å². The third-order valence-electron chi connectivity index (χ3n) is 1.91. The van der Waals surface area contributed by atoms with Crippen LogP contribution in [0.1, 0.15) is 23.2 Å². The Morgan fingerprint density at radius 3 is 2.73 bits per heavy atom. The first kappa shape index (κ1) is 12.3. The number of nitrogens with zero attached hydrogens (tertiary/aromatic N) is 1. The quantitative estimate of drug-likeness (QED) is 0.686. The Kier molecular flexibility index (Phi) is 3.95. The molecule has 0 radical (unpaired) electrons. The Balaban J connectivity index is 3.18. The Bertz CT molecular complexity index is 396. The minimum atomic E-state index is -2.67. The minimum absolute atomic E-state index is 0.260. The topological polar surface area (TPSA) is 50.2 Å². The SMILES string of the molecule is Cc1c(CC(=O)O)cc(C(F)F)nc1I. The molecule has 0 spiro atoms. The average Bonchev–Trinajstić information content (AvgIpc) is 2.11. The highest BCUT2D eigenvalue weighted by Gasteiger charge is 2.15. The van der Waals surface area contributed by atoms with E-state index in [0.29, 0.717) is 14.8 Å². The first-order chi connectivity index (χ1) is 6.91. The van der Waals surface area contributed by atoms with E-state index in [-0.39, 0.29) is 12.1 Å². The second-order valence-electron chi connectivity index (χ2n) is 2.99. The van der Waals surface area contributed by atoms with Crippen molar-refractivity contribution < 1.29 is 18.7 Å². The Hall–Kier alpha value is -0.790. The van der Waals surface area contributed by atoms with Crippen LogP contribution in [0.15, 0.2) is 6.07 Å². The third kappa shape index (κ3) is 3.08. The fourth-order valence-corrected chi connectivity index (χ4v) is 1.73. The predicted molar refractivity (Wildman–Crippen MR) is 58.0 cm³/mol. The van der Waals surface area contributed by atoms with Crippen LogP contribution in [0.5, 0.6) is 0 Å². The van der Waals surface area contributed by atoms with E-state index in [9.17, 15) is 13.6 Å². The number of carbonyl (C=O) groups is 1. The van der Waals surface area contributed by atoms with Crippen molar-refractivity contribution in [3.05, 3.63) is 26.6 Å². The number of carboxylic acid groups (broad SMARTS) is 1. The fraction of sp³-hybridized carbons (Fsp3) is 0.333. The van der Waals surface area contributed by atoms with Gasteiger partial charge in [0.25, 0.3) is 6.43 Å². The number of hydrogen-bond acceptors (Lipinski definition) is 2. The number of rotatable bonds is 3. The Morgan fingerprint density at radius 2 is 2.27 bits per heavy atom. The molecule has 0 saturated heterocycles. The average molecular weight is 327 g/mol. The zero-order valence-electron chi connectivity index (χ0n) is 7.80. The molecule has 0 bridgehead atoms. The van der Waals surface area contributed by atoms with Crippen molar-refractivity contribution in [3.63, 3.8) is 0 Å². The lowest BCUT2D eigenvalue weighted by Crippen LogP contribution is -2.06. The Morgan fingerprint density at radius 1 is 1.67 bits per heavy atom. The maximum Gasteiger partial charge on any atom is 0.307 e. The predicted octanol–water partition coefficient (Wildman–Crippen LogP) is 2.56. The summed E-state index contributed by atoms with van der Waals surface area (Å²) in [4.78, 5) is 14.2. The lowest BCUT2D eigenvalue weighted by Gasteiger charge is -2.08. The van der Waals surface area contributed by atoms with E-state index < -0.39 is 12.4 Å². The Labute approximate surface area is 98.7 Å². The molecule has 0 atom stereocenters. The largest absolute Gasteiger partial charge is 0.481 e. The highest BCUT2D eigenvalue weighted by Crippen LogP contribution is 2.22. The van der Waals surface area contributed by atoms with Crippen molar-refractivity contribution in [2.75, 3.05) is 0 Å². The van der Waals surface area contributed by atoms with E-state index in [4.69, 9.17) is 5.11 Å². The van der Waals surface area contributed by atoms with Crippen molar-refractivity contribution in [2.24, 2.45) is 0 Å². The second-order valence-corrected chi connectivity index (χ2v) is 4.02. The number of aliphatic carboxylic acids is 1. The van der Waals surface area contributed by atoms with Gasteiger partial charge in [-0.25, -0.2) is 13.8 Å². The van der Waals surface area contributed by atoms with Crippen LogP contribution in [-0.2, 0) is 11.2 Å². The highest BCUT2D eigenvalue weighted by molar-refractivity contribution is 14.1. The normalized spacial score (nSPS) is 10.7. The van der Waals surface area contributed by atoms with E-state index in [1.807, 2.05) is 22.6 Å².